The van der Waals surface area contributed by atoms with Gasteiger partial charge in [-0.2, -0.15) is 0 Å². The topological polar surface area (TPSA) is 71.1 Å². The van der Waals surface area contributed by atoms with Crippen LogP contribution >= 0.6 is 0 Å². The lowest BCUT2D eigenvalue weighted by molar-refractivity contribution is 0.354. The first-order chi connectivity index (χ1) is 9.09. The fourth-order valence-electron chi connectivity index (χ4n) is 2.21. The molecule has 2 heterocycles. The molecule has 0 amide bonds. The molecule has 7 heteroatoms. The fourth-order valence-corrected chi connectivity index (χ4v) is 3.25. The summed E-state index contributed by atoms with van der Waals surface area (Å²) >= 11 is 0. The number of nitrogens with one attached hydrogen (secondary N) is 2. The average molecular weight is 287 g/mol. The van der Waals surface area contributed by atoms with Crippen molar-refractivity contribution in [1.29, 1.82) is 0 Å². The Labute approximate surface area is 112 Å². The normalized spacial score (nSPS) is 17.5. The van der Waals surface area contributed by atoms with E-state index < -0.39 is 20.9 Å². The maximum absolute atomic E-state index is 13.4. The Morgan fingerprint density at radius 3 is 2.84 bits per heavy atom. The summed E-state index contributed by atoms with van der Waals surface area (Å²) in [6, 6.07) is 2.46. The minimum Gasteiger partial charge on any atom is -0.317 e. The third-order valence-electron chi connectivity index (χ3n) is 3.28. The number of sulfonamides is 1. The first kappa shape index (κ1) is 14.4. The Morgan fingerprint density at radius 2 is 2.16 bits per heavy atom. The molecule has 0 saturated carbocycles. The number of aromatic nitrogens is 1. The van der Waals surface area contributed by atoms with E-state index in [1.807, 2.05) is 0 Å². The molecular formula is C12H18FN3O2S. The van der Waals surface area contributed by atoms with E-state index in [4.69, 9.17) is 0 Å². The molecule has 5 nitrogen and oxygen atoms in total. The quantitative estimate of drug-likeness (QED) is 0.843. The molecule has 19 heavy (non-hydrogen) atoms. The van der Waals surface area contributed by atoms with Gasteiger partial charge in [0, 0.05) is 12.7 Å². The number of piperidine rings is 1. The van der Waals surface area contributed by atoms with Crippen LogP contribution in [0.15, 0.2) is 23.4 Å². The molecule has 1 aliphatic rings. The maximum atomic E-state index is 13.4. The molecular weight excluding hydrogens is 269 g/mol. The van der Waals surface area contributed by atoms with E-state index in [1.54, 1.807) is 0 Å². The highest BCUT2D eigenvalue weighted by molar-refractivity contribution is 7.89. The molecule has 0 spiro atoms. The lowest BCUT2D eigenvalue weighted by atomic mass is 9.95. The predicted molar refractivity (Wildman–Crippen MR) is 69.6 cm³/mol. The number of rotatable bonds is 5. The van der Waals surface area contributed by atoms with Crippen molar-refractivity contribution in [3.63, 3.8) is 0 Å². The van der Waals surface area contributed by atoms with E-state index in [0.29, 0.717) is 12.5 Å². The molecule has 1 fully saturated rings. The third kappa shape index (κ3) is 3.95. The lowest BCUT2D eigenvalue weighted by Crippen LogP contribution is -2.32. The third-order valence-corrected chi connectivity index (χ3v) is 4.68. The van der Waals surface area contributed by atoms with Crippen LogP contribution in [-0.4, -0.2) is 33.0 Å². The van der Waals surface area contributed by atoms with Crippen molar-refractivity contribution in [3.8, 4) is 0 Å². The van der Waals surface area contributed by atoms with Gasteiger partial charge in [-0.1, -0.05) is 0 Å². The van der Waals surface area contributed by atoms with E-state index in [2.05, 4.69) is 15.0 Å². The van der Waals surface area contributed by atoms with Crippen LogP contribution in [0, 0.1) is 11.7 Å². The summed E-state index contributed by atoms with van der Waals surface area (Å²) in [5.74, 6) is -0.297. The van der Waals surface area contributed by atoms with Gasteiger partial charge < -0.3 is 5.32 Å². The van der Waals surface area contributed by atoms with Crippen LogP contribution in [0.1, 0.15) is 19.3 Å². The molecule has 1 saturated heterocycles. The summed E-state index contributed by atoms with van der Waals surface area (Å²) in [6.45, 7) is 2.28. The van der Waals surface area contributed by atoms with E-state index >= 15 is 0 Å². The molecule has 0 unspecified atom stereocenters. The second kappa shape index (κ2) is 6.40. The van der Waals surface area contributed by atoms with Crippen molar-refractivity contribution in [1.82, 2.24) is 15.0 Å². The van der Waals surface area contributed by atoms with E-state index in [0.717, 1.165) is 38.4 Å². The molecule has 0 atom stereocenters. The summed E-state index contributed by atoms with van der Waals surface area (Å²) in [6.07, 6.45) is 4.15. The van der Waals surface area contributed by atoms with Gasteiger partial charge in [-0.15, -0.1) is 0 Å². The number of hydrogen-bond donors (Lipinski definition) is 2. The standard InChI is InChI=1S/C12H18FN3O2S/c13-11-2-1-6-15-12(11)19(17,18)16-9-5-10-3-7-14-8-4-10/h1-2,6,10,14,16H,3-5,7-9H2. The van der Waals surface area contributed by atoms with E-state index in [9.17, 15) is 12.8 Å². The minimum absolute atomic E-state index is 0.322. The largest absolute Gasteiger partial charge is 0.317 e. The monoisotopic (exact) mass is 287 g/mol. The molecule has 1 aromatic rings. The van der Waals surface area contributed by atoms with Gasteiger partial charge in [0.05, 0.1) is 0 Å². The number of hydrogen-bond acceptors (Lipinski definition) is 4. The second-order valence-electron chi connectivity index (χ2n) is 4.67. The van der Waals surface area contributed by atoms with Crippen molar-refractivity contribution < 1.29 is 12.8 Å². The molecule has 1 aliphatic heterocycles. The second-order valence-corrected chi connectivity index (χ2v) is 6.35. The van der Waals surface area contributed by atoms with Crippen LogP contribution in [0.4, 0.5) is 4.39 Å². The van der Waals surface area contributed by atoms with Gasteiger partial charge in [0.2, 0.25) is 5.03 Å². The molecule has 1 aromatic heterocycles. The van der Waals surface area contributed by atoms with Gasteiger partial charge in [-0.05, 0) is 50.4 Å². The zero-order chi connectivity index (χ0) is 13.7. The van der Waals surface area contributed by atoms with Gasteiger partial charge in [0.1, 0.15) is 0 Å². The number of nitrogens with zero attached hydrogens (tertiary/aromatic N) is 1. The Balaban J connectivity index is 1.89. The summed E-state index contributed by atoms with van der Waals surface area (Å²) in [4.78, 5) is 3.58. The van der Waals surface area contributed by atoms with Gasteiger partial charge >= 0.3 is 0 Å². The van der Waals surface area contributed by atoms with Crippen LogP contribution in [-0.2, 0) is 10.0 Å². The van der Waals surface area contributed by atoms with Crippen LogP contribution in [0.5, 0.6) is 0 Å². The van der Waals surface area contributed by atoms with Crippen molar-refractivity contribution in [2.45, 2.75) is 24.3 Å². The van der Waals surface area contributed by atoms with Crippen LogP contribution in [0.25, 0.3) is 0 Å². The van der Waals surface area contributed by atoms with Crippen molar-refractivity contribution in [2.24, 2.45) is 5.92 Å². The molecule has 2 rings (SSSR count). The molecule has 106 valence electrons. The summed E-state index contributed by atoms with van der Waals surface area (Å²) in [5, 5.41) is 2.73. The highest BCUT2D eigenvalue weighted by atomic mass is 32.2. The minimum atomic E-state index is -3.84. The van der Waals surface area contributed by atoms with E-state index in [1.165, 1.54) is 12.3 Å². The van der Waals surface area contributed by atoms with Crippen LogP contribution in [0.2, 0.25) is 0 Å². The Kier molecular flexibility index (Phi) is 4.84. The Morgan fingerprint density at radius 1 is 1.42 bits per heavy atom. The van der Waals surface area contributed by atoms with Crippen molar-refractivity contribution >= 4 is 10.0 Å². The molecule has 0 radical (unpaired) electrons. The van der Waals surface area contributed by atoms with Crippen molar-refractivity contribution in [2.75, 3.05) is 19.6 Å². The highest BCUT2D eigenvalue weighted by Gasteiger charge is 2.20. The lowest BCUT2D eigenvalue weighted by Gasteiger charge is -2.22. The summed E-state index contributed by atoms with van der Waals surface area (Å²) in [7, 11) is -3.84. The first-order valence-electron chi connectivity index (χ1n) is 6.40. The zero-order valence-electron chi connectivity index (χ0n) is 10.6. The molecule has 2 N–H and O–H groups in total. The van der Waals surface area contributed by atoms with Gasteiger partial charge in [0.15, 0.2) is 5.82 Å². The van der Waals surface area contributed by atoms with Crippen LogP contribution in [0.3, 0.4) is 0 Å². The summed E-state index contributed by atoms with van der Waals surface area (Å²) < 4.78 is 39.5. The number of pyridine rings is 1. The zero-order valence-corrected chi connectivity index (χ0v) is 11.4. The molecule has 0 bridgehead atoms. The molecule has 0 aromatic carbocycles. The van der Waals surface area contributed by atoms with Crippen LogP contribution < -0.4 is 10.0 Å². The van der Waals surface area contributed by atoms with E-state index in [-0.39, 0.29) is 0 Å². The number of halogens is 1. The van der Waals surface area contributed by atoms with Crippen molar-refractivity contribution in [3.05, 3.63) is 24.1 Å². The first-order valence-corrected chi connectivity index (χ1v) is 7.89. The highest BCUT2D eigenvalue weighted by Crippen LogP contribution is 2.16. The average Bonchev–Trinajstić information content (AvgIpc) is 2.40. The predicted octanol–water partition coefficient (Wildman–Crippen LogP) is 0.889. The maximum Gasteiger partial charge on any atom is 0.261 e. The SMILES string of the molecule is O=S(=O)(NCCC1CCNCC1)c1ncccc1F. The fraction of sp³-hybridized carbons (Fsp3) is 0.583. The Hall–Kier alpha value is -1.05. The van der Waals surface area contributed by atoms with Gasteiger partial charge in [-0.25, -0.2) is 22.5 Å². The summed E-state index contributed by atoms with van der Waals surface area (Å²) in [5.41, 5.74) is 0. The molecule has 0 aliphatic carbocycles. The Bertz CT molecular complexity index is 515. The van der Waals surface area contributed by atoms with Gasteiger partial charge in [-0.3, -0.25) is 0 Å². The smallest absolute Gasteiger partial charge is 0.261 e. The van der Waals surface area contributed by atoms with Gasteiger partial charge in [0.25, 0.3) is 10.0 Å².